The first kappa shape index (κ1) is 20.0. The molecule has 0 spiro atoms. The van der Waals surface area contributed by atoms with Gasteiger partial charge in [0.15, 0.2) is 11.5 Å². The fourth-order valence-electron chi connectivity index (χ4n) is 3.04. The monoisotopic (exact) mass is 393 g/mol. The molecule has 1 amide bonds. The maximum Gasteiger partial charge on any atom is 0.416 e. The molecule has 0 saturated carbocycles. The zero-order chi connectivity index (χ0) is 20.3. The van der Waals surface area contributed by atoms with Crippen molar-refractivity contribution < 1.29 is 27.4 Å². The molecule has 1 N–H and O–H groups in total. The van der Waals surface area contributed by atoms with Crippen molar-refractivity contribution >= 4 is 5.91 Å². The molecule has 28 heavy (non-hydrogen) atoms. The average molecular weight is 393 g/mol. The SMILES string of the molecule is CC(C)[C@H](NC(=O)c1ccc(C(F)(F)F)cc1)c1ccc2c(c1)OCCCO2. The fourth-order valence-corrected chi connectivity index (χ4v) is 3.04. The first-order valence-electron chi connectivity index (χ1n) is 9.13. The van der Waals surface area contributed by atoms with Crippen LogP contribution in [-0.4, -0.2) is 19.1 Å². The number of rotatable bonds is 4. The number of hydrogen-bond acceptors (Lipinski definition) is 3. The second-order valence-corrected chi connectivity index (χ2v) is 7.03. The number of carbonyl (C=O) groups excluding carboxylic acids is 1. The molecule has 0 aromatic heterocycles. The summed E-state index contributed by atoms with van der Waals surface area (Å²) in [5, 5.41) is 2.91. The number of benzene rings is 2. The van der Waals surface area contributed by atoms with Crippen LogP contribution in [0, 0.1) is 5.92 Å². The molecule has 0 bridgehead atoms. The fraction of sp³-hybridized carbons (Fsp3) is 0.381. The summed E-state index contributed by atoms with van der Waals surface area (Å²) in [5.74, 6) is 0.921. The van der Waals surface area contributed by atoms with Crippen LogP contribution in [0.4, 0.5) is 13.2 Å². The lowest BCUT2D eigenvalue weighted by Crippen LogP contribution is -2.31. The molecule has 0 radical (unpaired) electrons. The normalized spacial score (nSPS) is 15.1. The molecule has 1 aliphatic rings. The van der Waals surface area contributed by atoms with E-state index in [1.54, 1.807) is 0 Å². The molecular formula is C21H22F3NO3. The summed E-state index contributed by atoms with van der Waals surface area (Å²) in [6.45, 7) is 5.06. The van der Waals surface area contributed by atoms with Crippen LogP contribution >= 0.6 is 0 Å². The number of ether oxygens (including phenoxy) is 2. The molecule has 4 nitrogen and oxygen atoms in total. The zero-order valence-corrected chi connectivity index (χ0v) is 15.7. The summed E-state index contributed by atoms with van der Waals surface area (Å²) in [7, 11) is 0. The van der Waals surface area contributed by atoms with Gasteiger partial charge >= 0.3 is 6.18 Å². The van der Waals surface area contributed by atoms with Gasteiger partial charge in [-0.25, -0.2) is 0 Å². The number of halogens is 3. The van der Waals surface area contributed by atoms with Crippen LogP contribution in [0.5, 0.6) is 11.5 Å². The van der Waals surface area contributed by atoms with Crippen LogP contribution in [-0.2, 0) is 6.18 Å². The van der Waals surface area contributed by atoms with Crippen molar-refractivity contribution in [3.05, 3.63) is 59.2 Å². The quantitative estimate of drug-likeness (QED) is 0.796. The molecule has 1 aliphatic heterocycles. The Kier molecular flexibility index (Phi) is 5.82. The number of fused-ring (bicyclic) bond motifs is 1. The lowest BCUT2D eigenvalue weighted by Gasteiger charge is -2.24. The van der Waals surface area contributed by atoms with Crippen LogP contribution < -0.4 is 14.8 Å². The van der Waals surface area contributed by atoms with E-state index in [-0.39, 0.29) is 17.5 Å². The highest BCUT2D eigenvalue weighted by atomic mass is 19.4. The van der Waals surface area contributed by atoms with Crippen LogP contribution in [0.25, 0.3) is 0 Å². The van der Waals surface area contributed by atoms with E-state index in [1.807, 2.05) is 32.0 Å². The van der Waals surface area contributed by atoms with Crippen molar-refractivity contribution in [3.63, 3.8) is 0 Å². The molecule has 1 atom stereocenters. The summed E-state index contributed by atoms with van der Waals surface area (Å²) in [6.07, 6.45) is -3.64. The van der Waals surface area contributed by atoms with Gasteiger partial charge in [-0.05, 0) is 47.9 Å². The Morgan fingerprint density at radius 1 is 1.00 bits per heavy atom. The highest BCUT2D eigenvalue weighted by Crippen LogP contribution is 2.34. The Hall–Kier alpha value is -2.70. The molecule has 2 aromatic carbocycles. The first-order valence-corrected chi connectivity index (χ1v) is 9.13. The largest absolute Gasteiger partial charge is 0.490 e. The highest BCUT2D eigenvalue weighted by Gasteiger charge is 2.30. The third kappa shape index (κ3) is 4.58. The third-order valence-corrected chi connectivity index (χ3v) is 4.56. The highest BCUT2D eigenvalue weighted by molar-refractivity contribution is 5.94. The van der Waals surface area contributed by atoms with Gasteiger partial charge in [-0.2, -0.15) is 13.2 Å². The van der Waals surface area contributed by atoms with Gasteiger partial charge in [0.25, 0.3) is 5.91 Å². The van der Waals surface area contributed by atoms with Crippen molar-refractivity contribution in [2.45, 2.75) is 32.5 Å². The second kappa shape index (κ2) is 8.12. The van der Waals surface area contributed by atoms with E-state index >= 15 is 0 Å². The van der Waals surface area contributed by atoms with Crippen LogP contribution in [0.1, 0.15) is 47.8 Å². The number of amides is 1. The van der Waals surface area contributed by atoms with Crippen LogP contribution in [0.15, 0.2) is 42.5 Å². The predicted octanol–water partition coefficient (Wildman–Crippen LogP) is 4.99. The summed E-state index contributed by atoms with van der Waals surface area (Å²) >= 11 is 0. The summed E-state index contributed by atoms with van der Waals surface area (Å²) in [4.78, 5) is 12.6. The maximum atomic E-state index is 12.7. The van der Waals surface area contributed by atoms with E-state index in [4.69, 9.17) is 9.47 Å². The van der Waals surface area contributed by atoms with Crippen molar-refractivity contribution in [3.8, 4) is 11.5 Å². The van der Waals surface area contributed by atoms with Gasteiger partial charge in [0, 0.05) is 12.0 Å². The summed E-state index contributed by atoms with van der Waals surface area (Å²) in [5.41, 5.74) is 0.236. The minimum absolute atomic E-state index is 0.0585. The molecule has 0 saturated heterocycles. The second-order valence-electron chi connectivity index (χ2n) is 7.03. The number of alkyl halides is 3. The first-order chi connectivity index (χ1) is 13.3. The molecule has 0 fully saturated rings. The van der Waals surface area contributed by atoms with Crippen LogP contribution in [0.3, 0.4) is 0 Å². The van der Waals surface area contributed by atoms with Crippen LogP contribution in [0.2, 0.25) is 0 Å². The zero-order valence-electron chi connectivity index (χ0n) is 15.7. The maximum absolute atomic E-state index is 12.7. The number of hydrogen-bond donors (Lipinski definition) is 1. The smallest absolute Gasteiger partial charge is 0.416 e. The molecule has 1 heterocycles. The van der Waals surface area contributed by atoms with Gasteiger partial charge in [0.1, 0.15) is 0 Å². The number of carbonyl (C=O) groups is 1. The van der Waals surface area contributed by atoms with Gasteiger partial charge < -0.3 is 14.8 Å². The van der Waals surface area contributed by atoms with Gasteiger partial charge in [-0.1, -0.05) is 19.9 Å². The molecule has 3 rings (SSSR count). The molecule has 150 valence electrons. The lowest BCUT2D eigenvalue weighted by atomic mass is 9.95. The molecular weight excluding hydrogens is 371 g/mol. The minimum Gasteiger partial charge on any atom is -0.490 e. The topological polar surface area (TPSA) is 47.6 Å². The molecule has 0 aliphatic carbocycles. The Morgan fingerprint density at radius 3 is 2.25 bits per heavy atom. The van der Waals surface area contributed by atoms with Crippen molar-refractivity contribution in [1.82, 2.24) is 5.32 Å². The summed E-state index contributed by atoms with van der Waals surface area (Å²) in [6, 6.07) is 9.39. The van der Waals surface area contributed by atoms with E-state index in [1.165, 1.54) is 12.1 Å². The van der Waals surface area contributed by atoms with E-state index in [2.05, 4.69) is 5.32 Å². The Bertz CT molecular complexity index is 832. The summed E-state index contributed by atoms with van der Waals surface area (Å²) < 4.78 is 49.4. The van der Waals surface area contributed by atoms with E-state index in [9.17, 15) is 18.0 Å². The Labute approximate surface area is 161 Å². The lowest BCUT2D eigenvalue weighted by molar-refractivity contribution is -0.137. The van der Waals surface area contributed by atoms with E-state index in [0.717, 1.165) is 24.1 Å². The van der Waals surface area contributed by atoms with Crippen molar-refractivity contribution in [2.75, 3.05) is 13.2 Å². The van der Waals surface area contributed by atoms with Crippen molar-refractivity contribution in [1.29, 1.82) is 0 Å². The van der Waals surface area contributed by atoms with Gasteiger partial charge in [0.05, 0.1) is 24.8 Å². The minimum atomic E-state index is -4.43. The number of nitrogens with one attached hydrogen (secondary N) is 1. The van der Waals surface area contributed by atoms with Gasteiger partial charge in [-0.15, -0.1) is 0 Å². The Morgan fingerprint density at radius 2 is 1.64 bits per heavy atom. The van der Waals surface area contributed by atoms with Crippen molar-refractivity contribution in [2.24, 2.45) is 5.92 Å². The molecule has 7 heteroatoms. The standard InChI is InChI=1S/C21H22F3NO3/c1-13(2)19(15-6-9-17-18(12-15)28-11-3-10-27-17)25-20(26)14-4-7-16(8-5-14)21(22,23)24/h4-9,12-13,19H,3,10-11H2,1-2H3,(H,25,26)/t19-/m0/s1. The van der Waals surface area contributed by atoms with E-state index in [0.29, 0.717) is 24.7 Å². The molecule has 0 unspecified atom stereocenters. The third-order valence-electron chi connectivity index (χ3n) is 4.56. The van der Waals surface area contributed by atoms with Gasteiger partial charge in [0.2, 0.25) is 0 Å². The predicted molar refractivity (Wildman–Crippen MR) is 98.5 cm³/mol. The Balaban J connectivity index is 1.79. The average Bonchev–Trinajstić information content (AvgIpc) is 2.89. The van der Waals surface area contributed by atoms with Gasteiger partial charge in [-0.3, -0.25) is 4.79 Å². The van der Waals surface area contributed by atoms with E-state index < -0.39 is 17.6 Å². The molecule has 2 aromatic rings.